The lowest BCUT2D eigenvalue weighted by Gasteiger charge is -2.38. The van der Waals surface area contributed by atoms with Gasteiger partial charge in [0.1, 0.15) is 5.75 Å². The topological polar surface area (TPSA) is 9.23 Å². The summed E-state index contributed by atoms with van der Waals surface area (Å²) in [6, 6.07) is 6.41. The predicted molar refractivity (Wildman–Crippen MR) is 126 cm³/mol. The molecule has 4 heteroatoms. The van der Waals surface area contributed by atoms with Crippen LogP contribution in [0, 0.1) is 23.7 Å². The van der Waals surface area contributed by atoms with E-state index in [-0.39, 0.29) is 5.75 Å². The number of alkyl halides is 3. The van der Waals surface area contributed by atoms with E-state index in [4.69, 9.17) is 0 Å². The highest BCUT2D eigenvalue weighted by molar-refractivity contribution is 5.27. The normalized spacial score (nSPS) is 26.8. The number of unbranched alkanes of at least 4 members (excludes halogenated alkanes) is 4. The molecule has 182 valence electrons. The highest BCUT2D eigenvalue weighted by Crippen LogP contribution is 2.43. The van der Waals surface area contributed by atoms with Gasteiger partial charge in [-0.1, -0.05) is 83.3 Å². The van der Waals surface area contributed by atoms with Crippen LogP contribution in [0.2, 0.25) is 0 Å². The molecule has 3 rings (SSSR count). The van der Waals surface area contributed by atoms with Crippen molar-refractivity contribution >= 4 is 0 Å². The van der Waals surface area contributed by atoms with Crippen molar-refractivity contribution in [3.63, 3.8) is 0 Å². The zero-order chi connectivity index (χ0) is 22.8. The summed E-state index contributed by atoms with van der Waals surface area (Å²) in [6.45, 7) is 2.29. The Morgan fingerprint density at radius 1 is 0.719 bits per heavy atom. The van der Waals surface area contributed by atoms with Crippen molar-refractivity contribution in [1.29, 1.82) is 0 Å². The van der Waals surface area contributed by atoms with Gasteiger partial charge in [0.25, 0.3) is 0 Å². The second-order valence-electron chi connectivity index (χ2n) is 10.5. The van der Waals surface area contributed by atoms with Crippen LogP contribution in [-0.2, 0) is 6.42 Å². The molecule has 32 heavy (non-hydrogen) atoms. The van der Waals surface area contributed by atoms with Gasteiger partial charge in [0.2, 0.25) is 0 Å². The Balaban J connectivity index is 1.29. The number of hydrogen-bond donors (Lipinski definition) is 0. The van der Waals surface area contributed by atoms with E-state index >= 15 is 0 Å². The van der Waals surface area contributed by atoms with Crippen LogP contribution in [0.15, 0.2) is 24.3 Å². The van der Waals surface area contributed by atoms with Crippen molar-refractivity contribution in [1.82, 2.24) is 0 Å². The molecule has 0 aliphatic heterocycles. The highest BCUT2D eigenvalue weighted by Gasteiger charge is 2.32. The molecule has 0 aromatic heterocycles. The van der Waals surface area contributed by atoms with Crippen molar-refractivity contribution in [2.75, 3.05) is 0 Å². The summed E-state index contributed by atoms with van der Waals surface area (Å²) in [5.74, 6) is 3.55. The van der Waals surface area contributed by atoms with Gasteiger partial charge in [-0.3, -0.25) is 0 Å². The Morgan fingerprint density at radius 3 is 1.78 bits per heavy atom. The molecule has 0 unspecified atom stereocenters. The molecule has 0 heterocycles. The third-order valence-corrected chi connectivity index (χ3v) is 8.16. The Hall–Kier alpha value is -1.19. The zero-order valence-corrected chi connectivity index (χ0v) is 20.0. The molecule has 0 N–H and O–H groups in total. The maximum absolute atomic E-state index is 12.3. The van der Waals surface area contributed by atoms with E-state index in [1.165, 1.54) is 102 Å². The Bertz CT molecular complexity index is 623. The quantitative estimate of drug-likeness (QED) is 0.304. The van der Waals surface area contributed by atoms with Crippen LogP contribution in [0.3, 0.4) is 0 Å². The first-order valence-electron chi connectivity index (χ1n) is 13.3. The molecule has 0 atom stereocenters. The Labute approximate surface area is 193 Å². The number of benzene rings is 1. The monoisotopic (exact) mass is 452 g/mol. The molecule has 1 aromatic rings. The van der Waals surface area contributed by atoms with Crippen LogP contribution in [-0.4, -0.2) is 6.36 Å². The van der Waals surface area contributed by atoms with Gasteiger partial charge in [0.15, 0.2) is 0 Å². The first kappa shape index (κ1) is 25.4. The van der Waals surface area contributed by atoms with Crippen LogP contribution in [0.5, 0.6) is 5.75 Å². The van der Waals surface area contributed by atoms with Gasteiger partial charge < -0.3 is 4.74 Å². The number of aryl methyl sites for hydroxylation is 1. The maximum atomic E-state index is 12.3. The fourth-order valence-electron chi connectivity index (χ4n) is 6.16. The van der Waals surface area contributed by atoms with Crippen molar-refractivity contribution in [2.45, 2.75) is 116 Å². The first-order valence-corrected chi connectivity index (χ1v) is 13.3. The van der Waals surface area contributed by atoms with Gasteiger partial charge in [-0.2, -0.15) is 0 Å². The average molecular weight is 453 g/mol. The highest BCUT2D eigenvalue weighted by atomic mass is 19.4. The third-order valence-electron chi connectivity index (χ3n) is 8.16. The van der Waals surface area contributed by atoms with Gasteiger partial charge in [-0.05, 0) is 79.9 Å². The summed E-state index contributed by atoms with van der Waals surface area (Å²) in [4.78, 5) is 0. The van der Waals surface area contributed by atoms with E-state index in [9.17, 15) is 13.2 Å². The summed E-state index contributed by atoms with van der Waals surface area (Å²) < 4.78 is 40.8. The van der Waals surface area contributed by atoms with E-state index in [1.807, 2.05) is 0 Å². The second-order valence-corrected chi connectivity index (χ2v) is 10.5. The first-order chi connectivity index (χ1) is 15.4. The summed E-state index contributed by atoms with van der Waals surface area (Å²) in [5.41, 5.74) is 1.11. The minimum absolute atomic E-state index is 0.132. The van der Waals surface area contributed by atoms with Crippen LogP contribution in [0.25, 0.3) is 0 Å². The lowest BCUT2D eigenvalue weighted by Crippen LogP contribution is -2.26. The summed E-state index contributed by atoms with van der Waals surface area (Å²) in [6.07, 6.45) is 17.3. The summed E-state index contributed by atoms with van der Waals surface area (Å²) in [7, 11) is 0. The standard InChI is InChI=1S/C28H43F3O/c1-2-3-4-5-6-7-22-10-16-25(17-11-22)26-18-12-23(13-19-26)8-9-24-14-20-27(21-15-24)32-28(29,30)31/h14-15,20-23,25-26H,2-13,16-19H2,1H3. The average Bonchev–Trinajstić information content (AvgIpc) is 2.78. The molecule has 2 saturated carbocycles. The SMILES string of the molecule is CCCCCCCC1CCC(C2CCC(CCc3ccc(OC(F)(F)F)cc3)CC2)CC1. The van der Waals surface area contributed by atoms with E-state index in [0.29, 0.717) is 0 Å². The van der Waals surface area contributed by atoms with Crippen LogP contribution >= 0.6 is 0 Å². The van der Waals surface area contributed by atoms with Crippen molar-refractivity contribution in [3.8, 4) is 5.75 Å². The lowest BCUT2D eigenvalue weighted by atomic mass is 9.68. The second kappa shape index (κ2) is 12.9. The lowest BCUT2D eigenvalue weighted by molar-refractivity contribution is -0.274. The minimum Gasteiger partial charge on any atom is -0.406 e. The third kappa shape index (κ3) is 8.98. The number of hydrogen-bond acceptors (Lipinski definition) is 1. The van der Waals surface area contributed by atoms with Crippen molar-refractivity contribution in [3.05, 3.63) is 29.8 Å². The Morgan fingerprint density at radius 2 is 1.25 bits per heavy atom. The van der Waals surface area contributed by atoms with Gasteiger partial charge >= 0.3 is 6.36 Å². The molecule has 2 aliphatic rings. The Kier molecular flexibility index (Phi) is 10.2. The fraction of sp³-hybridized carbons (Fsp3) is 0.786. The van der Waals surface area contributed by atoms with Crippen molar-refractivity contribution < 1.29 is 17.9 Å². The molecular weight excluding hydrogens is 409 g/mol. The molecule has 1 nitrogen and oxygen atoms in total. The fourth-order valence-corrected chi connectivity index (χ4v) is 6.16. The summed E-state index contributed by atoms with van der Waals surface area (Å²) >= 11 is 0. The zero-order valence-electron chi connectivity index (χ0n) is 20.0. The number of ether oxygens (including phenoxy) is 1. The molecule has 2 aliphatic carbocycles. The molecule has 0 radical (unpaired) electrons. The number of halogens is 3. The van der Waals surface area contributed by atoms with Crippen LogP contribution in [0.4, 0.5) is 13.2 Å². The van der Waals surface area contributed by atoms with Gasteiger partial charge in [0, 0.05) is 0 Å². The molecular formula is C28H43F3O. The predicted octanol–water partition coefficient (Wildman–Crippen LogP) is 9.49. The van der Waals surface area contributed by atoms with Gasteiger partial charge in [-0.25, -0.2) is 0 Å². The molecule has 0 spiro atoms. The minimum atomic E-state index is -4.62. The molecule has 0 saturated heterocycles. The summed E-state index contributed by atoms with van der Waals surface area (Å²) in [5, 5.41) is 0. The molecule has 0 bridgehead atoms. The molecule has 0 amide bonds. The number of rotatable bonds is 11. The van der Waals surface area contributed by atoms with Gasteiger partial charge in [-0.15, -0.1) is 13.2 Å². The van der Waals surface area contributed by atoms with Crippen LogP contribution in [0.1, 0.15) is 109 Å². The van der Waals surface area contributed by atoms with E-state index in [0.717, 1.165) is 42.1 Å². The maximum Gasteiger partial charge on any atom is 0.573 e. The smallest absolute Gasteiger partial charge is 0.406 e. The van der Waals surface area contributed by atoms with Gasteiger partial charge in [0.05, 0.1) is 0 Å². The van der Waals surface area contributed by atoms with E-state index in [1.54, 1.807) is 12.1 Å². The van der Waals surface area contributed by atoms with E-state index < -0.39 is 6.36 Å². The largest absolute Gasteiger partial charge is 0.573 e. The molecule has 2 fully saturated rings. The van der Waals surface area contributed by atoms with E-state index in [2.05, 4.69) is 11.7 Å². The van der Waals surface area contributed by atoms with Crippen molar-refractivity contribution in [2.24, 2.45) is 23.7 Å². The van der Waals surface area contributed by atoms with Crippen LogP contribution < -0.4 is 4.74 Å². The molecule has 1 aromatic carbocycles.